The summed E-state index contributed by atoms with van der Waals surface area (Å²) in [6.07, 6.45) is 0. The van der Waals surface area contributed by atoms with E-state index in [2.05, 4.69) is 36.6 Å². The summed E-state index contributed by atoms with van der Waals surface area (Å²) in [5.74, 6) is -0.496. The maximum Gasteiger partial charge on any atom is 0.239 e. The number of rotatable bonds is 8. The molecule has 4 N–H and O–H groups in total. The molecule has 134 valence electrons. The Hall–Kier alpha value is -1.53. The van der Waals surface area contributed by atoms with E-state index in [1.807, 2.05) is 32.9 Å². The van der Waals surface area contributed by atoms with E-state index in [1.54, 1.807) is 11.8 Å². The lowest BCUT2D eigenvalue weighted by Crippen LogP contribution is -2.47. The molecule has 0 radical (unpaired) electrons. The first-order valence-corrected chi connectivity index (χ1v) is 9.18. The van der Waals surface area contributed by atoms with Gasteiger partial charge in [-0.2, -0.15) is 0 Å². The normalized spacial score (nSPS) is 13.7. The number of nitrogens with two attached hydrogens (primary N) is 1. The molecule has 0 saturated heterocycles. The van der Waals surface area contributed by atoms with Gasteiger partial charge in [-0.15, -0.1) is 11.8 Å². The van der Waals surface area contributed by atoms with Gasteiger partial charge in [0, 0.05) is 10.1 Å². The fraction of sp³-hybridized carbons (Fsp3) is 0.556. The number of hydrogen-bond donors (Lipinski definition) is 3. The van der Waals surface area contributed by atoms with Crippen LogP contribution in [0, 0.1) is 5.92 Å². The van der Waals surface area contributed by atoms with Gasteiger partial charge in [-0.05, 0) is 30.5 Å². The van der Waals surface area contributed by atoms with Crippen LogP contribution in [0.2, 0.25) is 0 Å². The Balaban J connectivity index is 2.47. The second-order valence-corrected chi connectivity index (χ2v) is 8.16. The van der Waals surface area contributed by atoms with Crippen molar-refractivity contribution in [3.63, 3.8) is 0 Å². The molecule has 0 aliphatic rings. The molecule has 0 aliphatic carbocycles. The SMILES string of the molecule is CC(C)Sc1ccc(C(C)NC(=O)CNC(=O)[C@@H](N)C(C)C)cc1. The minimum atomic E-state index is -0.596. The van der Waals surface area contributed by atoms with Crippen LogP contribution in [0.4, 0.5) is 0 Å². The third-order valence-electron chi connectivity index (χ3n) is 3.57. The summed E-state index contributed by atoms with van der Waals surface area (Å²) >= 11 is 1.80. The molecular weight excluding hydrogens is 322 g/mol. The molecule has 1 rings (SSSR count). The van der Waals surface area contributed by atoms with Crippen molar-refractivity contribution in [3.8, 4) is 0 Å². The lowest BCUT2D eigenvalue weighted by Gasteiger charge is -2.17. The highest BCUT2D eigenvalue weighted by Gasteiger charge is 2.18. The Morgan fingerprint density at radius 3 is 2.17 bits per heavy atom. The van der Waals surface area contributed by atoms with Crippen molar-refractivity contribution < 1.29 is 9.59 Å². The number of benzene rings is 1. The summed E-state index contributed by atoms with van der Waals surface area (Å²) in [6, 6.07) is 7.44. The molecule has 0 aromatic heterocycles. The molecule has 0 saturated carbocycles. The second kappa shape index (κ2) is 9.69. The van der Waals surface area contributed by atoms with Crippen LogP contribution in [0.15, 0.2) is 29.2 Å². The molecule has 6 heteroatoms. The fourth-order valence-electron chi connectivity index (χ4n) is 2.07. The Labute approximate surface area is 149 Å². The van der Waals surface area contributed by atoms with E-state index >= 15 is 0 Å². The highest BCUT2D eigenvalue weighted by atomic mass is 32.2. The summed E-state index contributed by atoms with van der Waals surface area (Å²) in [4.78, 5) is 24.9. The van der Waals surface area contributed by atoms with Crippen molar-refractivity contribution in [1.29, 1.82) is 0 Å². The van der Waals surface area contributed by atoms with Gasteiger partial charge >= 0.3 is 0 Å². The first kappa shape index (κ1) is 20.5. The summed E-state index contributed by atoms with van der Waals surface area (Å²) in [5.41, 5.74) is 6.77. The van der Waals surface area contributed by atoms with Gasteiger partial charge < -0.3 is 16.4 Å². The maximum absolute atomic E-state index is 12.0. The minimum Gasteiger partial charge on any atom is -0.348 e. The molecule has 0 fully saturated rings. The molecule has 0 bridgehead atoms. The van der Waals surface area contributed by atoms with E-state index in [1.165, 1.54) is 4.90 Å². The summed E-state index contributed by atoms with van der Waals surface area (Å²) in [6.45, 7) is 9.90. The Morgan fingerprint density at radius 1 is 1.08 bits per heavy atom. The predicted octanol–water partition coefficient (Wildman–Crippen LogP) is 2.46. The molecule has 1 aromatic carbocycles. The fourth-order valence-corrected chi connectivity index (χ4v) is 2.91. The van der Waals surface area contributed by atoms with E-state index < -0.39 is 6.04 Å². The highest BCUT2D eigenvalue weighted by Crippen LogP contribution is 2.24. The van der Waals surface area contributed by atoms with E-state index in [-0.39, 0.29) is 30.3 Å². The summed E-state index contributed by atoms with van der Waals surface area (Å²) in [5, 5.41) is 5.99. The van der Waals surface area contributed by atoms with Crippen molar-refractivity contribution in [2.45, 2.75) is 56.8 Å². The van der Waals surface area contributed by atoms with Gasteiger partial charge in [0.05, 0.1) is 18.6 Å². The lowest BCUT2D eigenvalue weighted by molar-refractivity contribution is -0.127. The van der Waals surface area contributed by atoms with Crippen molar-refractivity contribution in [2.75, 3.05) is 6.54 Å². The second-order valence-electron chi connectivity index (χ2n) is 6.51. The van der Waals surface area contributed by atoms with Gasteiger partial charge in [0.2, 0.25) is 11.8 Å². The van der Waals surface area contributed by atoms with Gasteiger partial charge in [-0.3, -0.25) is 9.59 Å². The van der Waals surface area contributed by atoms with E-state index in [9.17, 15) is 9.59 Å². The Kier molecular flexibility index (Phi) is 8.28. The molecule has 24 heavy (non-hydrogen) atoms. The first-order chi connectivity index (χ1) is 11.2. The van der Waals surface area contributed by atoms with Crippen LogP contribution in [0.1, 0.15) is 46.2 Å². The predicted molar refractivity (Wildman–Crippen MR) is 99.8 cm³/mol. The van der Waals surface area contributed by atoms with E-state index in [0.29, 0.717) is 5.25 Å². The smallest absolute Gasteiger partial charge is 0.239 e. The van der Waals surface area contributed by atoms with Crippen molar-refractivity contribution in [1.82, 2.24) is 10.6 Å². The third kappa shape index (κ3) is 6.93. The quantitative estimate of drug-likeness (QED) is 0.628. The number of nitrogens with one attached hydrogen (secondary N) is 2. The molecule has 2 amide bonds. The van der Waals surface area contributed by atoms with E-state index in [0.717, 1.165) is 5.56 Å². The maximum atomic E-state index is 12.0. The zero-order valence-corrected chi connectivity index (χ0v) is 15.9. The molecule has 0 heterocycles. The zero-order chi connectivity index (χ0) is 18.3. The molecule has 1 aromatic rings. The van der Waals surface area contributed by atoms with Gasteiger partial charge in [0.1, 0.15) is 0 Å². The number of carbonyl (C=O) groups is 2. The molecule has 2 atom stereocenters. The average molecular weight is 352 g/mol. The lowest BCUT2D eigenvalue weighted by atomic mass is 10.1. The Bertz CT molecular complexity index is 544. The third-order valence-corrected chi connectivity index (χ3v) is 4.59. The minimum absolute atomic E-state index is 0.0363. The standard InChI is InChI=1S/C18H29N3O2S/c1-11(2)17(19)18(23)20-10-16(22)21-13(5)14-6-8-15(9-7-14)24-12(3)4/h6-9,11-13,17H,10,19H2,1-5H3,(H,20,23)(H,21,22)/t13?,17-/m0/s1. The van der Waals surface area contributed by atoms with Gasteiger partial charge in [-0.25, -0.2) is 0 Å². The van der Waals surface area contributed by atoms with Gasteiger partial charge in [0.25, 0.3) is 0 Å². The number of amides is 2. The molecule has 5 nitrogen and oxygen atoms in total. The van der Waals surface area contributed by atoms with Crippen LogP contribution in [-0.2, 0) is 9.59 Å². The monoisotopic (exact) mass is 351 g/mol. The molecule has 0 spiro atoms. The Morgan fingerprint density at radius 2 is 1.67 bits per heavy atom. The van der Waals surface area contributed by atoms with Crippen LogP contribution >= 0.6 is 11.8 Å². The van der Waals surface area contributed by atoms with Gasteiger partial charge in [-0.1, -0.05) is 39.8 Å². The topological polar surface area (TPSA) is 84.2 Å². The van der Waals surface area contributed by atoms with Crippen LogP contribution in [0.25, 0.3) is 0 Å². The zero-order valence-electron chi connectivity index (χ0n) is 15.1. The number of hydrogen-bond acceptors (Lipinski definition) is 4. The number of carbonyl (C=O) groups excluding carboxylic acids is 2. The number of thioether (sulfide) groups is 1. The largest absolute Gasteiger partial charge is 0.348 e. The summed E-state index contributed by atoms with van der Waals surface area (Å²) < 4.78 is 0. The van der Waals surface area contributed by atoms with Crippen molar-refractivity contribution >= 4 is 23.6 Å². The van der Waals surface area contributed by atoms with Crippen molar-refractivity contribution in [3.05, 3.63) is 29.8 Å². The van der Waals surface area contributed by atoms with Crippen LogP contribution in [0.5, 0.6) is 0 Å². The van der Waals surface area contributed by atoms with Gasteiger partial charge in [0.15, 0.2) is 0 Å². The summed E-state index contributed by atoms with van der Waals surface area (Å²) in [7, 11) is 0. The first-order valence-electron chi connectivity index (χ1n) is 8.30. The van der Waals surface area contributed by atoms with Crippen LogP contribution < -0.4 is 16.4 Å². The molecule has 1 unspecified atom stereocenters. The van der Waals surface area contributed by atoms with Crippen LogP contribution in [-0.4, -0.2) is 29.7 Å². The van der Waals surface area contributed by atoms with E-state index in [4.69, 9.17) is 5.73 Å². The molecule has 0 aliphatic heterocycles. The van der Waals surface area contributed by atoms with Crippen molar-refractivity contribution in [2.24, 2.45) is 11.7 Å². The highest BCUT2D eigenvalue weighted by molar-refractivity contribution is 7.99. The van der Waals surface area contributed by atoms with Crippen LogP contribution in [0.3, 0.4) is 0 Å². The molecular formula is C18H29N3O2S. The average Bonchev–Trinajstić information content (AvgIpc) is 2.51.